The van der Waals surface area contributed by atoms with Gasteiger partial charge in [0, 0.05) is 16.2 Å². The topological polar surface area (TPSA) is 26.0 Å². The van der Waals surface area contributed by atoms with E-state index in [1.807, 2.05) is 0 Å². The van der Waals surface area contributed by atoms with Gasteiger partial charge in [0.1, 0.15) is 5.82 Å². The molecule has 0 heterocycles. The second-order valence-corrected chi connectivity index (χ2v) is 5.27. The van der Waals surface area contributed by atoms with E-state index in [2.05, 4.69) is 11.8 Å². The predicted molar refractivity (Wildman–Crippen MR) is 78.3 cm³/mol. The third-order valence-corrected chi connectivity index (χ3v) is 3.65. The second kappa shape index (κ2) is 7.21. The Hall–Kier alpha value is -1.90. The van der Waals surface area contributed by atoms with Gasteiger partial charge < -0.3 is 5.73 Å². The van der Waals surface area contributed by atoms with E-state index in [1.165, 1.54) is 30.0 Å². The molecule has 0 aliphatic heterocycles. The van der Waals surface area contributed by atoms with Gasteiger partial charge in [0.25, 0.3) is 0 Å². The van der Waals surface area contributed by atoms with Gasteiger partial charge in [-0.05, 0) is 42.0 Å². The average molecular weight is 307 g/mol. The zero-order valence-electron chi connectivity index (χ0n) is 11.0. The molecule has 0 saturated heterocycles. The molecule has 0 radical (unpaired) electrons. The van der Waals surface area contributed by atoms with Crippen LogP contribution in [0, 0.1) is 29.3 Å². The lowest BCUT2D eigenvalue weighted by Crippen LogP contribution is -1.93. The highest BCUT2D eigenvalue weighted by Crippen LogP contribution is 2.25. The maximum Gasteiger partial charge on any atom is 0.159 e. The summed E-state index contributed by atoms with van der Waals surface area (Å²) < 4.78 is 39.4. The third kappa shape index (κ3) is 4.55. The molecule has 0 spiro atoms. The van der Waals surface area contributed by atoms with Gasteiger partial charge in [0.2, 0.25) is 0 Å². The van der Waals surface area contributed by atoms with E-state index in [0.29, 0.717) is 21.8 Å². The van der Waals surface area contributed by atoms with E-state index < -0.39 is 11.6 Å². The monoisotopic (exact) mass is 307 g/mol. The Morgan fingerprint density at radius 1 is 1.00 bits per heavy atom. The molecule has 0 aromatic heterocycles. The van der Waals surface area contributed by atoms with Crippen molar-refractivity contribution in [3.63, 3.8) is 0 Å². The lowest BCUT2D eigenvalue weighted by molar-refractivity contribution is 0.506. The molecule has 2 aromatic rings. The van der Waals surface area contributed by atoms with Crippen molar-refractivity contribution in [3.05, 3.63) is 65.0 Å². The smallest absolute Gasteiger partial charge is 0.159 e. The predicted octanol–water partition coefficient (Wildman–Crippen LogP) is 3.71. The first-order valence-electron chi connectivity index (χ1n) is 6.15. The van der Waals surface area contributed by atoms with Crippen LogP contribution in [0.25, 0.3) is 0 Å². The molecule has 0 fully saturated rings. The number of thioether (sulfide) groups is 1. The van der Waals surface area contributed by atoms with E-state index in [1.54, 1.807) is 6.07 Å². The minimum Gasteiger partial charge on any atom is -0.320 e. The van der Waals surface area contributed by atoms with Crippen molar-refractivity contribution in [1.29, 1.82) is 0 Å². The zero-order valence-corrected chi connectivity index (χ0v) is 11.8. The van der Waals surface area contributed by atoms with Crippen molar-refractivity contribution >= 4 is 11.8 Å². The van der Waals surface area contributed by atoms with E-state index in [4.69, 9.17) is 5.73 Å². The first-order valence-corrected chi connectivity index (χ1v) is 7.13. The Balaban J connectivity index is 2.12. The van der Waals surface area contributed by atoms with Gasteiger partial charge in [-0.2, -0.15) is 0 Å². The number of rotatable bonds is 3. The van der Waals surface area contributed by atoms with Crippen LogP contribution in [0.3, 0.4) is 0 Å². The maximum absolute atomic E-state index is 13.5. The summed E-state index contributed by atoms with van der Waals surface area (Å²) in [6.07, 6.45) is 0. The molecule has 0 saturated carbocycles. The SMILES string of the molecule is NCC#Cc1cc(F)cc(CSc2ccc(F)c(F)c2)c1. The molecule has 2 rings (SSSR count). The summed E-state index contributed by atoms with van der Waals surface area (Å²) >= 11 is 1.29. The number of hydrogen-bond donors (Lipinski definition) is 1. The van der Waals surface area contributed by atoms with Gasteiger partial charge in [-0.15, -0.1) is 11.8 Å². The standard InChI is InChI=1S/C16H12F3NS/c17-13-7-11(2-1-5-20)6-12(8-13)10-21-14-3-4-15(18)16(19)9-14/h3-4,6-9H,5,10,20H2. The summed E-state index contributed by atoms with van der Waals surface area (Å²) in [7, 11) is 0. The summed E-state index contributed by atoms with van der Waals surface area (Å²) in [4.78, 5) is 0.577. The molecule has 0 unspecified atom stereocenters. The van der Waals surface area contributed by atoms with Crippen LogP contribution in [-0.2, 0) is 5.75 Å². The van der Waals surface area contributed by atoms with Crippen molar-refractivity contribution in [2.75, 3.05) is 6.54 Å². The summed E-state index contributed by atoms with van der Waals surface area (Å²) in [6, 6.07) is 8.14. The highest BCUT2D eigenvalue weighted by molar-refractivity contribution is 7.98. The van der Waals surface area contributed by atoms with E-state index in [9.17, 15) is 13.2 Å². The molecule has 5 heteroatoms. The first kappa shape index (κ1) is 15.5. The van der Waals surface area contributed by atoms with Crippen molar-refractivity contribution in [3.8, 4) is 11.8 Å². The van der Waals surface area contributed by atoms with Gasteiger partial charge in [-0.3, -0.25) is 0 Å². The highest BCUT2D eigenvalue weighted by atomic mass is 32.2. The molecular formula is C16H12F3NS. The largest absolute Gasteiger partial charge is 0.320 e. The van der Waals surface area contributed by atoms with E-state index in [-0.39, 0.29) is 12.4 Å². The van der Waals surface area contributed by atoms with Crippen LogP contribution in [0.1, 0.15) is 11.1 Å². The first-order chi connectivity index (χ1) is 10.1. The Morgan fingerprint density at radius 2 is 1.81 bits per heavy atom. The van der Waals surface area contributed by atoms with Gasteiger partial charge in [0.05, 0.1) is 6.54 Å². The molecule has 0 bridgehead atoms. The Morgan fingerprint density at radius 3 is 2.52 bits per heavy atom. The van der Waals surface area contributed by atoms with Gasteiger partial charge in [-0.25, -0.2) is 13.2 Å². The number of hydrogen-bond acceptors (Lipinski definition) is 2. The number of nitrogens with two attached hydrogens (primary N) is 1. The molecule has 0 atom stereocenters. The molecular weight excluding hydrogens is 295 g/mol. The lowest BCUT2D eigenvalue weighted by Gasteiger charge is -2.04. The fraction of sp³-hybridized carbons (Fsp3) is 0.125. The minimum atomic E-state index is -0.895. The molecule has 2 aromatic carbocycles. The molecule has 21 heavy (non-hydrogen) atoms. The second-order valence-electron chi connectivity index (χ2n) is 4.22. The van der Waals surface area contributed by atoms with Crippen molar-refractivity contribution in [2.45, 2.75) is 10.6 Å². The van der Waals surface area contributed by atoms with Crippen LogP contribution in [0.5, 0.6) is 0 Å². The quantitative estimate of drug-likeness (QED) is 0.691. The van der Waals surface area contributed by atoms with Crippen LogP contribution in [0.4, 0.5) is 13.2 Å². The van der Waals surface area contributed by atoms with Gasteiger partial charge in [0.15, 0.2) is 11.6 Å². The van der Waals surface area contributed by atoms with Gasteiger partial charge in [-0.1, -0.05) is 11.8 Å². The zero-order chi connectivity index (χ0) is 15.2. The Labute approximate surface area is 125 Å². The fourth-order valence-corrected chi connectivity index (χ4v) is 2.54. The summed E-state index contributed by atoms with van der Waals surface area (Å²) in [5, 5.41) is 0. The Bertz CT molecular complexity index is 704. The van der Waals surface area contributed by atoms with Crippen molar-refractivity contribution in [2.24, 2.45) is 5.73 Å². The minimum absolute atomic E-state index is 0.204. The fourth-order valence-electron chi connectivity index (χ4n) is 1.69. The number of benzene rings is 2. The molecule has 0 amide bonds. The lowest BCUT2D eigenvalue weighted by atomic mass is 10.1. The van der Waals surface area contributed by atoms with Crippen LogP contribution >= 0.6 is 11.8 Å². The van der Waals surface area contributed by atoms with E-state index in [0.717, 1.165) is 12.1 Å². The summed E-state index contributed by atoms with van der Waals surface area (Å²) in [5.41, 5.74) is 6.53. The molecule has 0 aliphatic carbocycles. The van der Waals surface area contributed by atoms with E-state index >= 15 is 0 Å². The van der Waals surface area contributed by atoms with Crippen LogP contribution < -0.4 is 5.73 Å². The van der Waals surface area contributed by atoms with Crippen LogP contribution in [-0.4, -0.2) is 6.54 Å². The van der Waals surface area contributed by atoms with Crippen LogP contribution in [0.15, 0.2) is 41.3 Å². The summed E-state index contributed by atoms with van der Waals surface area (Å²) in [5.74, 6) is 3.69. The molecule has 1 nitrogen and oxygen atoms in total. The molecule has 108 valence electrons. The average Bonchev–Trinajstić information content (AvgIpc) is 2.46. The van der Waals surface area contributed by atoms with Gasteiger partial charge >= 0.3 is 0 Å². The highest BCUT2D eigenvalue weighted by Gasteiger charge is 2.05. The van der Waals surface area contributed by atoms with Crippen molar-refractivity contribution in [1.82, 2.24) is 0 Å². The molecule has 0 aliphatic rings. The Kier molecular flexibility index (Phi) is 5.32. The third-order valence-electron chi connectivity index (χ3n) is 2.59. The summed E-state index contributed by atoms with van der Waals surface area (Å²) in [6.45, 7) is 0.204. The molecule has 2 N–H and O–H groups in total. The maximum atomic E-state index is 13.5. The van der Waals surface area contributed by atoms with Crippen LogP contribution in [0.2, 0.25) is 0 Å². The normalized spacial score (nSPS) is 10.1. The number of halogens is 3. The van der Waals surface area contributed by atoms with Crippen molar-refractivity contribution < 1.29 is 13.2 Å².